The van der Waals surface area contributed by atoms with E-state index in [2.05, 4.69) is 10.2 Å². The van der Waals surface area contributed by atoms with Gasteiger partial charge in [-0.2, -0.15) is 0 Å². The summed E-state index contributed by atoms with van der Waals surface area (Å²) in [6.07, 6.45) is 0. The zero-order chi connectivity index (χ0) is 13.1. The molecule has 0 saturated carbocycles. The number of aromatic nitrogens is 2. The van der Waals surface area contributed by atoms with Crippen LogP contribution in [0.5, 0.6) is 0 Å². The van der Waals surface area contributed by atoms with Gasteiger partial charge in [0.15, 0.2) is 4.34 Å². The highest BCUT2D eigenvalue weighted by atomic mass is 35.5. The lowest BCUT2D eigenvalue weighted by Gasteiger charge is -2.19. The molecule has 2 rings (SSSR count). The van der Waals surface area contributed by atoms with Crippen molar-refractivity contribution in [3.63, 3.8) is 0 Å². The summed E-state index contributed by atoms with van der Waals surface area (Å²) in [5.74, 6) is 0. The van der Waals surface area contributed by atoms with E-state index >= 15 is 0 Å². The van der Waals surface area contributed by atoms with Crippen LogP contribution in [0.25, 0.3) is 0 Å². The van der Waals surface area contributed by atoms with Crippen molar-refractivity contribution in [2.24, 2.45) is 5.73 Å². The Morgan fingerprint density at radius 1 is 1.39 bits per heavy atom. The fourth-order valence-corrected chi connectivity index (χ4v) is 3.88. The fraction of sp³-hybridized carbons (Fsp3) is 0.333. The predicted octanol–water partition coefficient (Wildman–Crippen LogP) is 3.68. The van der Waals surface area contributed by atoms with E-state index in [0.717, 1.165) is 19.9 Å². The second kappa shape index (κ2) is 6.02. The summed E-state index contributed by atoms with van der Waals surface area (Å²) in [5.41, 5.74) is 7.19. The molecular formula is C12H14ClN3S2. The number of nitrogens with zero attached hydrogens (tertiary/aromatic N) is 2. The van der Waals surface area contributed by atoms with Crippen LogP contribution in [0.4, 0.5) is 0 Å². The van der Waals surface area contributed by atoms with Crippen molar-refractivity contribution >= 4 is 34.7 Å². The number of nitrogens with two attached hydrogens (primary N) is 1. The lowest BCUT2D eigenvalue weighted by Crippen LogP contribution is -2.22. The molecular weight excluding hydrogens is 286 g/mol. The van der Waals surface area contributed by atoms with Crippen LogP contribution in [0.1, 0.15) is 22.7 Å². The third kappa shape index (κ3) is 3.45. The third-order valence-electron chi connectivity index (χ3n) is 2.39. The average Bonchev–Trinajstić information content (AvgIpc) is 2.71. The molecule has 2 aromatic rings. The van der Waals surface area contributed by atoms with Crippen LogP contribution in [-0.2, 0) is 0 Å². The predicted molar refractivity (Wildman–Crippen MR) is 78.3 cm³/mol. The van der Waals surface area contributed by atoms with Crippen molar-refractivity contribution in [1.29, 1.82) is 0 Å². The second-order valence-electron chi connectivity index (χ2n) is 4.04. The highest BCUT2D eigenvalue weighted by molar-refractivity contribution is 8.01. The maximum atomic E-state index is 6.07. The average molecular weight is 300 g/mol. The molecule has 0 fully saturated rings. The topological polar surface area (TPSA) is 51.8 Å². The third-order valence-corrected chi connectivity index (χ3v) is 5.04. The van der Waals surface area contributed by atoms with E-state index in [1.54, 1.807) is 23.1 Å². The first-order valence-corrected chi connectivity index (χ1v) is 7.61. The largest absolute Gasteiger partial charge is 0.327 e. The summed E-state index contributed by atoms with van der Waals surface area (Å²) in [6.45, 7) is 3.94. The van der Waals surface area contributed by atoms with Crippen LogP contribution < -0.4 is 5.73 Å². The summed E-state index contributed by atoms with van der Waals surface area (Å²) >= 11 is 9.25. The van der Waals surface area contributed by atoms with Gasteiger partial charge >= 0.3 is 0 Å². The Morgan fingerprint density at radius 3 is 2.72 bits per heavy atom. The molecule has 1 aromatic carbocycles. The van der Waals surface area contributed by atoms with Crippen molar-refractivity contribution in [3.8, 4) is 0 Å². The van der Waals surface area contributed by atoms with Gasteiger partial charge in [0.1, 0.15) is 5.01 Å². The van der Waals surface area contributed by atoms with Crippen molar-refractivity contribution < 1.29 is 0 Å². The molecule has 0 aliphatic carbocycles. The van der Waals surface area contributed by atoms with Crippen molar-refractivity contribution in [3.05, 3.63) is 39.9 Å². The molecule has 96 valence electrons. The number of hydrogen-bond donors (Lipinski definition) is 1. The minimum absolute atomic E-state index is 0.0117. The Morgan fingerprint density at radius 2 is 2.17 bits per heavy atom. The molecule has 0 bridgehead atoms. The fourth-order valence-electron chi connectivity index (χ4n) is 1.60. The molecule has 2 N–H and O–H groups in total. The molecule has 0 saturated heterocycles. The van der Waals surface area contributed by atoms with E-state index in [9.17, 15) is 0 Å². The number of benzene rings is 1. The Balaban J connectivity index is 2.23. The first kappa shape index (κ1) is 13.8. The Bertz CT molecular complexity index is 528. The van der Waals surface area contributed by atoms with Gasteiger partial charge < -0.3 is 5.73 Å². The standard InChI is InChI=1S/C12H14ClN3S2/c1-7(14)11(9-4-3-5-10(13)6-9)18-12-16-15-8(2)17-12/h3-7,11H,14H2,1-2H3. The summed E-state index contributed by atoms with van der Waals surface area (Å²) in [6, 6.07) is 7.82. The minimum atomic E-state index is 0.0117. The van der Waals surface area contributed by atoms with Gasteiger partial charge in [-0.25, -0.2) is 0 Å². The van der Waals surface area contributed by atoms with Gasteiger partial charge in [0, 0.05) is 11.1 Å². The molecule has 6 heteroatoms. The van der Waals surface area contributed by atoms with Crippen molar-refractivity contribution in [2.45, 2.75) is 29.5 Å². The van der Waals surface area contributed by atoms with E-state index in [-0.39, 0.29) is 11.3 Å². The molecule has 2 unspecified atom stereocenters. The van der Waals surface area contributed by atoms with Gasteiger partial charge in [0.25, 0.3) is 0 Å². The maximum absolute atomic E-state index is 6.07. The van der Waals surface area contributed by atoms with Crippen molar-refractivity contribution in [2.75, 3.05) is 0 Å². The molecule has 0 aliphatic rings. The zero-order valence-corrected chi connectivity index (χ0v) is 12.5. The number of thioether (sulfide) groups is 1. The molecule has 0 spiro atoms. The second-order valence-corrected chi connectivity index (χ2v) is 7.05. The summed E-state index contributed by atoms with van der Waals surface area (Å²) in [7, 11) is 0. The lowest BCUT2D eigenvalue weighted by atomic mass is 10.1. The molecule has 18 heavy (non-hydrogen) atoms. The van der Waals surface area contributed by atoms with E-state index in [0.29, 0.717) is 0 Å². The first-order chi connectivity index (χ1) is 8.56. The van der Waals surface area contributed by atoms with Crippen LogP contribution in [0.3, 0.4) is 0 Å². The Kier molecular flexibility index (Phi) is 4.61. The van der Waals surface area contributed by atoms with Gasteiger partial charge in [-0.15, -0.1) is 10.2 Å². The first-order valence-electron chi connectivity index (χ1n) is 5.54. The number of halogens is 1. The summed E-state index contributed by atoms with van der Waals surface area (Å²) in [5, 5.41) is 9.98. The smallest absolute Gasteiger partial charge is 0.174 e. The molecule has 1 aromatic heterocycles. The highest BCUT2D eigenvalue weighted by Crippen LogP contribution is 2.38. The van der Waals surface area contributed by atoms with Crippen LogP contribution >= 0.6 is 34.7 Å². The van der Waals surface area contributed by atoms with E-state index < -0.39 is 0 Å². The molecule has 0 radical (unpaired) electrons. The Hall–Kier alpha value is -0.620. The quantitative estimate of drug-likeness (QED) is 0.875. The molecule has 2 atom stereocenters. The molecule has 3 nitrogen and oxygen atoms in total. The van der Waals surface area contributed by atoms with E-state index in [1.165, 1.54) is 0 Å². The van der Waals surface area contributed by atoms with Gasteiger partial charge in [0.05, 0.1) is 5.25 Å². The van der Waals surface area contributed by atoms with E-state index in [4.69, 9.17) is 17.3 Å². The molecule has 0 amide bonds. The minimum Gasteiger partial charge on any atom is -0.327 e. The number of rotatable bonds is 4. The van der Waals surface area contributed by atoms with E-state index in [1.807, 2.05) is 38.1 Å². The SMILES string of the molecule is Cc1nnc(SC(c2cccc(Cl)c2)C(C)N)s1. The highest BCUT2D eigenvalue weighted by Gasteiger charge is 2.20. The van der Waals surface area contributed by atoms with Crippen LogP contribution in [0, 0.1) is 6.92 Å². The van der Waals surface area contributed by atoms with Gasteiger partial charge in [-0.05, 0) is 31.5 Å². The van der Waals surface area contributed by atoms with Crippen LogP contribution in [0.15, 0.2) is 28.6 Å². The van der Waals surface area contributed by atoms with Gasteiger partial charge in [0.2, 0.25) is 0 Å². The monoisotopic (exact) mass is 299 g/mol. The summed E-state index contributed by atoms with van der Waals surface area (Å²) in [4.78, 5) is 0. The number of aryl methyl sites for hydroxylation is 1. The lowest BCUT2D eigenvalue weighted by molar-refractivity contribution is 0.720. The van der Waals surface area contributed by atoms with Crippen LogP contribution in [-0.4, -0.2) is 16.2 Å². The van der Waals surface area contributed by atoms with Crippen LogP contribution in [0.2, 0.25) is 5.02 Å². The normalized spacial score (nSPS) is 14.4. The number of hydrogen-bond acceptors (Lipinski definition) is 5. The maximum Gasteiger partial charge on any atom is 0.174 e. The summed E-state index contributed by atoms with van der Waals surface area (Å²) < 4.78 is 0.940. The van der Waals surface area contributed by atoms with Crippen molar-refractivity contribution in [1.82, 2.24) is 10.2 Å². The zero-order valence-electron chi connectivity index (χ0n) is 10.1. The van der Waals surface area contributed by atoms with Gasteiger partial charge in [-0.3, -0.25) is 0 Å². The van der Waals surface area contributed by atoms with Gasteiger partial charge in [-0.1, -0.05) is 46.8 Å². The molecule has 1 heterocycles. The molecule has 0 aliphatic heterocycles. The Labute approximate surface area is 120 Å².